The predicted molar refractivity (Wildman–Crippen MR) is 60.4 cm³/mol. The molecule has 2 nitrogen and oxygen atoms in total. The van der Waals surface area contributed by atoms with Crippen molar-refractivity contribution in [1.82, 2.24) is 0 Å². The minimum absolute atomic E-state index is 0.246. The second-order valence-corrected chi connectivity index (χ2v) is 4.32. The minimum Gasteiger partial charge on any atom is -0.390 e. The van der Waals surface area contributed by atoms with Gasteiger partial charge in [0.05, 0.1) is 17.8 Å². The van der Waals surface area contributed by atoms with Gasteiger partial charge in [0.15, 0.2) is 0 Å². The number of rotatable bonds is 7. The predicted octanol–water partition coefficient (Wildman–Crippen LogP) is 2.91. The normalized spacial score (nSPS) is 19.8. The third-order valence-electron chi connectivity index (χ3n) is 2.97. The fraction of sp³-hybridized carbons (Fsp3) is 0.833. The van der Waals surface area contributed by atoms with Crippen LogP contribution in [0.25, 0.3) is 0 Å². The lowest BCUT2D eigenvalue weighted by molar-refractivity contribution is -0.0383. The van der Waals surface area contributed by atoms with Gasteiger partial charge in [0.2, 0.25) is 0 Å². The van der Waals surface area contributed by atoms with E-state index >= 15 is 0 Å². The molecular weight excluding hydrogens is 176 g/mol. The van der Waals surface area contributed by atoms with Crippen molar-refractivity contribution in [1.29, 1.82) is 0 Å². The Bertz CT molecular complexity index is 175. The average molecular weight is 200 g/mol. The molecule has 2 unspecified atom stereocenters. The van der Waals surface area contributed by atoms with E-state index in [9.17, 15) is 5.11 Å². The molecule has 0 saturated heterocycles. The van der Waals surface area contributed by atoms with Crippen LogP contribution in [0.2, 0.25) is 0 Å². The van der Waals surface area contributed by atoms with Gasteiger partial charge in [0.25, 0.3) is 0 Å². The van der Waals surface area contributed by atoms with E-state index in [-0.39, 0.29) is 5.60 Å². The highest BCUT2D eigenvalue weighted by Crippen LogP contribution is 2.19. The molecule has 0 spiro atoms. The van der Waals surface area contributed by atoms with Crippen molar-refractivity contribution >= 4 is 0 Å². The molecule has 0 heterocycles. The van der Waals surface area contributed by atoms with Gasteiger partial charge in [-0.3, -0.25) is 0 Å². The van der Waals surface area contributed by atoms with Gasteiger partial charge in [-0.1, -0.05) is 19.9 Å². The maximum absolute atomic E-state index is 9.76. The molecule has 0 aromatic heterocycles. The summed E-state index contributed by atoms with van der Waals surface area (Å²) in [6, 6.07) is 0. The van der Waals surface area contributed by atoms with Crippen LogP contribution in [0.15, 0.2) is 12.7 Å². The molecular formula is C12H24O2. The summed E-state index contributed by atoms with van der Waals surface area (Å²) in [6.07, 6.45) is 4.17. The largest absolute Gasteiger partial charge is 0.390 e. The molecule has 2 atom stereocenters. The Morgan fingerprint density at radius 3 is 2.21 bits per heavy atom. The highest BCUT2D eigenvalue weighted by Gasteiger charge is 2.21. The van der Waals surface area contributed by atoms with Crippen LogP contribution in [0.5, 0.6) is 0 Å². The van der Waals surface area contributed by atoms with Gasteiger partial charge in [-0.25, -0.2) is 0 Å². The Morgan fingerprint density at radius 1 is 1.29 bits per heavy atom. The molecule has 0 rings (SSSR count). The van der Waals surface area contributed by atoms with Crippen molar-refractivity contribution < 1.29 is 9.84 Å². The van der Waals surface area contributed by atoms with Crippen molar-refractivity contribution in [2.45, 2.75) is 58.2 Å². The number of hydrogen-bond acceptors (Lipinski definition) is 2. The van der Waals surface area contributed by atoms with Gasteiger partial charge >= 0.3 is 0 Å². The van der Waals surface area contributed by atoms with Gasteiger partial charge in [-0.15, -0.1) is 6.58 Å². The van der Waals surface area contributed by atoms with Crippen LogP contribution in [0.3, 0.4) is 0 Å². The Hall–Kier alpha value is -0.340. The molecule has 0 amide bonds. The molecule has 0 aliphatic rings. The van der Waals surface area contributed by atoms with Crippen molar-refractivity contribution in [2.24, 2.45) is 0 Å². The first-order valence-corrected chi connectivity index (χ1v) is 5.39. The standard InChI is InChI=1S/C12H24O2/c1-6-11(4,13)9-10-14-12(5,7-2)8-3/h7,13H,2,6,8-10H2,1,3-5H3. The van der Waals surface area contributed by atoms with Gasteiger partial charge in [-0.2, -0.15) is 0 Å². The van der Waals surface area contributed by atoms with Crippen LogP contribution in [-0.4, -0.2) is 22.9 Å². The molecule has 0 radical (unpaired) electrons. The summed E-state index contributed by atoms with van der Waals surface area (Å²) in [5.41, 5.74) is -0.848. The molecule has 0 aliphatic carbocycles. The van der Waals surface area contributed by atoms with Gasteiger partial charge in [0, 0.05) is 0 Å². The van der Waals surface area contributed by atoms with E-state index in [0.717, 1.165) is 12.8 Å². The second kappa shape index (κ2) is 5.52. The molecule has 0 aromatic carbocycles. The molecule has 1 N–H and O–H groups in total. The van der Waals surface area contributed by atoms with E-state index in [2.05, 4.69) is 13.5 Å². The van der Waals surface area contributed by atoms with Gasteiger partial charge in [0.1, 0.15) is 0 Å². The summed E-state index contributed by atoms with van der Waals surface area (Å²) in [5.74, 6) is 0. The Kier molecular flexibility index (Phi) is 5.38. The molecule has 14 heavy (non-hydrogen) atoms. The number of aliphatic hydroxyl groups is 1. The smallest absolute Gasteiger partial charge is 0.0829 e. The van der Waals surface area contributed by atoms with E-state index in [1.807, 2.05) is 26.8 Å². The zero-order valence-electron chi connectivity index (χ0n) is 9.97. The summed E-state index contributed by atoms with van der Waals surface area (Å²) in [5, 5.41) is 9.76. The molecule has 0 aromatic rings. The average Bonchev–Trinajstić information content (AvgIpc) is 2.17. The fourth-order valence-electron chi connectivity index (χ4n) is 0.986. The van der Waals surface area contributed by atoms with E-state index in [1.54, 1.807) is 0 Å². The van der Waals surface area contributed by atoms with E-state index in [0.29, 0.717) is 13.0 Å². The van der Waals surface area contributed by atoms with Crippen molar-refractivity contribution in [2.75, 3.05) is 6.61 Å². The molecule has 0 aliphatic heterocycles. The van der Waals surface area contributed by atoms with Gasteiger partial charge in [-0.05, 0) is 33.1 Å². The van der Waals surface area contributed by atoms with Crippen molar-refractivity contribution in [3.05, 3.63) is 12.7 Å². The second-order valence-electron chi connectivity index (χ2n) is 4.32. The van der Waals surface area contributed by atoms with Crippen LogP contribution in [0.1, 0.15) is 47.0 Å². The summed E-state index contributed by atoms with van der Waals surface area (Å²) in [7, 11) is 0. The number of ether oxygens (including phenoxy) is 1. The third kappa shape index (κ3) is 4.77. The first-order valence-electron chi connectivity index (χ1n) is 5.39. The molecule has 0 fully saturated rings. The van der Waals surface area contributed by atoms with E-state index < -0.39 is 5.60 Å². The fourth-order valence-corrected chi connectivity index (χ4v) is 0.986. The lowest BCUT2D eigenvalue weighted by Crippen LogP contribution is -2.30. The summed E-state index contributed by atoms with van der Waals surface area (Å²) < 4.78 is 5.69. The molecule has 2 heteroatoms. The highest BCUT2D eigenvalue weighted by molar-refractivity contribution is 4.92. The molecule has 0 bridgehead atoms. The zero-order chi connectivity index (χ0) is 11.2. The van der Waals surface area contributed by atoms with E-state index in [4.69, 9.17) is 4.74 Å². The van der Waals surface area contributed by atoms with Crippen LogP contribution in [0.4, 0.5) is 0 Å². The first-order chi connectivity index (χ1) is 6.39. The SMILES string of the molecule is C=CC(C)(CC)OCCC(C)(O)CC. The first kappa shape index (κ1) is 13.7. The van der Waals surface area contributed by atoms with Crippen LogP contribution >= 0.6 is 0 Å². The third-order valence-corrected chi connectivity index (χ3v) is 2.97. The Balaban J connectivity index is 3.89. The van der Waals surface area contributed by atoms with Crippen molar-refractivity contribution in [3.8, 4) is 0 Å². The lowest BCUT2D eigenvalue weighted by Gasteiger charge is -2.27. The maximum Gasteiger partial charge on any atom is 0.0829 e. The summed E-state index contributed by atoms with van der Waals surface area (Å²) >= 11 is 0. The Labute approximate surface area is 88.0 Å². The minimum atomic E-state index is -0.601. The van der Waals surface area contributed by atoms with Crippen molar-refractivity contribution in [3.63, 3.8) is 0 Å². The Morgan fingerprint density at radius 2 is 1.86 bits per heavy atom. The molecule has 0 saturated carbocycles. The van der Waals surface area contributed by atoms with E-state index in [1.165, 1.54) is 0 Å². The number of hydrogen-bond donors (Lipinski definition) is 1. The van der Waals surface area contributed by atoms with Crippen LogP contribution < -0.4 is 0 Å². The maximum atomic E-state index is 9.76. The van der Waals surface area contributed by atoms with Crippen LogP contribution in [-0.2, 0) is 4.74 Å². The van der Waals surface area contributed by atoms with Crippen LogP contribution in [0, 0.1) is 0 Å². The zero-order valence-corrected chi connectivity index (χ0v) is 9.97. The van der Waals surface area contributed by atoms with Gasteiger partial charge < -0.3 is 9.84 Å². The summed E-state index contributed by atoms with van der Waals surface area (Å²) in [4.78, 5) is 0. The topological polar surface area (TPSA) is 29.5 Å². The quantitative estimate of drug-likeness (QED) is 0.640. The lowest BCUT2D eigenvalue weighted by atomic mass is 9.99. The summed E-state index contributed by atoms with van der Waals surface area (Å²) in [6.45, 7) is 12.2. The molecule has 84 valence electrons. The monoisotopic (exact) mass is 200 g/mol. The highest BCUT2D eigenvalue weighted by atomic mass is 16.5.